The van der Waals surface area contributed by atoms with Gasteiger partial charge in [-0.3, -0.25) is 0 Å². The van der Waals surface area contributed by atoms with E-state index in [9.17, 15) is 0 Å². The molecule has 2 atom stereocenters. The third-order valence-corrected chi connectivity index (χ3v) is 3.94. The van der Waals surface area contributed by atoms with Crippen LogP contribution in [0.1, 0.15) is 38.1 Å². The van der Waals surface area contributed by atoms with Gasteiger partial charge in [-0.25, -0.2) is 9.97 Å². The normalized spacial score (nSPS) is 23.4. The number of aryl methyl sites for hydroxylation is 1. The summed E-state index contributed by atoms with van der Waals surface area (Å²) in [7, 11) is 0. The summed E-state index contributed by atoms with van der Waals surface area (Å²) in [5, 5.41) is 4.08. The Morgan fingerprint density at radius 1 is 1.42 bits per heavy atom. The Labute approximate surface area is 119 Å². The maximum Gasteiger partial charge on any atom is 0.137 e. The Kier molecular flexibility index (Phi) is 4.99. The number of halogens is 1. The van der Waals surface area contributed by atoms with Crippen molar-refractivity contribution >= 4 is 17.4 Å². The average Bonchev–Trinajstić information content (AvgIpc) is 2.38. The summed E-state index contributed by atoms with van der Waals surface area (Å²) in [6.07, 6.45) is 2.88. The van der Waals surface area contributed by atoms with Gasteiger partial charge in [0, 0.05) is 24.6 Å². The molecule has 2 rings (SSSR count). The second-order valence-corrected chi connectivity index (χ2v) is 5.60. The smallest absolute Gasteiger partial charge is 0.137 e. The molecule has 1 aliphatic heterocycles. The predicted octanol–water partition coefficient (Wildman–Crippen LogP) is 3.23. The second-order valence-electron chi connectivity index (χ2n) is 5.25. The zero-order valence-corrected chi connectivity index (χ0v) is 12.6. The first-order chi connectivity index (χ1) is 9.11. The molecule has 0 bridgehead atoms. The van der Waals surface area contributed by atoms with Crippen molar-refractivity contribution in [1.29, 1.82) is 0 Å². The Bertz CT molecular complexity index is 439. The molecule has 1 aliphatic rings. The van der Waals surface area contributed by atoms with Crippen LogP contribution in [0.25, 0.3) is 0 Å². The van der Waals surface area contributed by atoms with E-state index in [1.165, 1.54) is 0 Å². The number of aromatic nitrogens is 2. The predicted molar refractivity (Wildman–Crippen MR) is 77.8 cm³/mol. The minimum Gasteiger partial charge on any atom is -0.381 e. The van der Waals surface area contributed by atoms with Crippen LogP contribution in [0.4, 0.5) is 5.82 Å². The molecule has 5 heteroatoms. The monoisotopic (exact) mass is 283 g/mol. The number of nitrogens with zero attached hydrogens (tertiary/aromatic N) is 2. The molecule has 0 spiro atoms. The van der Waals surface area contributed by atoms with Crippen LogP contribution in [0.5, 0.6) is 0 Å². The minimum atomic E-state index is 0.396. The maximum absolute atomic E-state index is 6.19. The maximum atomic E-state index is 6.19. The fourth-order valence-corrected chi connectivity index (χ4v) is 2.47. The Hall–Kier alpha value is -0.870. The molecule has 1 saturated heterocycles. The summed E-state index contributed by atoms with van der Waals surface area (Å²) in [4.78, 5) is 8.93. The van der Waals surface area contributed by atoms with Crippen LogP contribution in [-0.4, -0.2) is 29.2 Å². The highest BCUT2D eigenvalue weighted by molar-refractivity contribution is 6.30. The summed E-state index contributed by atoms with van der Waals surface area (Å²) in [5.41, 5.74) is 0.931. The van der Waals surface area contributed by atoms with Gasteiger partial charge in [0.2, 0.25) is 0 Å². The highest BCUT2D eigenvalue weighted by Gasteiger charge is 2.23. The number of hydrogen-bond donors (Lipinski definition) is 1. The fourth-order valence-electron chi connectivity index (χ4n) is 2.28. The van der Waals surface area contributed by atoms with E-state index in [-0.39, 0.29) is 0 Å². The number of rotatable bonds is 4. The lowest BCUT2D eigenvalue weighted by atomic mass is 9.98. The van der Waals surface area contributed by atoms with Crippen LogP contribution < -0.4 is 5.32 Å². The first kappa shape index (κ1) is 14.5. The molecule has 0 amide bonds. The van der Waals surface area contributed by atoms with E-state index in [1.54, 1.807) is 0 Å². The van der Waals surface area contributed by atoms with Crippen LogP contribution in [0, 0.1) is 12.8 Å². The van der Waals surface area contributed by atoms with Crippen LogP contribution >= 0.6 is 11.6 Å². The van der Waals surface area contributed by atoms with Gasteiger partial charge in [-0.15, -0.1) is 0 Å². The standard InChI is InChI=1S/C14H22ClN3O/c1-4-5-12-17-13(15)10(3)14(18-12)16-11-6-7-19-8-9(11)2/h9,11H,4-8H2,1-3H3,(H,16,17,18). The van der Waals surface area contributed by atoms with Crippen molar-refractivity contribution < 1.29 is 4.74 Å². The number of nitrogens with one attached hydrogen (secondary N) is 1. The lowest BCUT2D eigenvalue weighted by molar-refractivity contribution is 0.0536. The zero-order chi connectivity index (χ0) is 13.8. The van der Waals surface area contributed by atoms with Crippen molar-refractivity contribution in [2.24, 2.45) is 5.92 Å². The highest BCUT2D eigenvalue weighted by atomic mass is 35.5. The summed E-state index contributed by atoms with van der Waals surface area (Å²) in [5.74, 6) is 2.18. The Morgan fingerprint density at radius 3 is 2.89 bits per heavy atom. The van der Waals surface area contributed by atoms with E-state index in [0.29, 0.717) is 17.1 Å². The molecule has 1 aromatic heterocycles. The van der Waals surface area contributed by atoms with Gasteiger partial charge in [-0.2, -0.15) is 0 Å². The van der Waals surface area contributed by atoms with E-state index in [0.717, 1.165) is 49.7 Å². The molecule has 1 N–H and O–H groups in total. The lowest BCUT2D eigenvalue weighted by Gasteiger charge is -2.30. The lowest BCUT2D eigenvalue weighted by Crippen LogP contribution is -2.36. The molecule has 0 radical (unpaired) electrons. The van der Waals surface area contributed by atoms with Crippen LogP contribution in [0.2, 0.25) is 5.15 Å². The highest BCUT2D eigenvalue weighted by Crippen LogP contribution is 2.24. The quantitative estimate of drug-likeness (QED) is 0.862. The van der Waals surface area contributed by atoms with Gasteiger partial charge < -0.3 is 10.1 Å². The SMILES string of the molecule is CCCc1nc(Cl)c(C)c(NC2CCOCC2C)n1. The van der Waals surface area contributed by atoms with E-state index >= 15 is 0 Å². The number of hydrogen-bond acceptors (Lipinski definition) is 4. The van der Waals surface area contributed by atoms with E-state index in [4.69, 9.17) is 16.3 Å². The van der Waals surface area contributed by atoms with Gasteiger partial charge in [0.25, 0.3) is 0 Å². The number of anilines is 1. The van der Waals surface area contributed by atoms with E-state index < -0.39 is 0 Å². The Morgan fingerprint density at radius 2 is 2.21 bits per heavy atom. The summed E-state index contributed by atoms with van der Waals surface area (Å²) in [6, 6.07) is 0.396. The third-order valence-electron chi connectivity index (χ3n) is 3.57. The Balaban J connectivity index is 2.18. The van der Waals surface area contributed by atoms with Crippen molar-refractivity contribution in [2.75, 3.05) is 18.5 Å². The first-order valence-electron chi connectivity index (χ1n) is 6.99. The molecule has 2 unspecified atom stereocenters. The molecule has 1 aromatic rings. The zero-order valence-electron chi connectivity index (χ0n) is 11.9. The molecule has 0 saturated carbocycles. The molecule has 1 fully saturated rings. The molecule has 0 aromatic carbocycles. The van der Waals surface area contributed by atoms with Crippen LogP contribution in [0.15, 0.2) is 0 Å². The summed E-state index contributed by atoms with van der Waals surface area (Å²) < 4.78 is 5.47. The first-order valence-corrected chi connectivity index (χ1v) is 7.37. The van der Waals surface area contributed by atoms with Crippen molar-refractivity contribution in [2.45, 2.75) is 46.1 Å². The van der Waals surface area contributed by atoms with Crippen molar-refractivity contribution in [3.63, 3.8) is 0 Å². The van der Waals surface area contributed by atoms with Gasteiger partial charge >= 0.3 is 0 Å². The van der Waals surface area contributed by atoms with Gasteiger partial charge in [0.1, 0.15) is 16.8 Å². The van der Waals surface area contributed by atoms with E-state index in [2.05, 4.69) is 29.1 Å². The van der Waals surface area contributed by atoms with E-state index in [1.807, 2.05) is 6.92 Å². The molecule has 2 heterocycles. The average molecular weight is 284 g/mol. The molecule has 4 nitrogen and oxygen atoms in total. The van der Waals surface area contributed by atoms with Gasteiger partial charge in [0.05, 0.1) is 6.61 Å². The minimum absolute atomic E-state index is 0.396. The molecule has 0 aliphatic carbocycles. The van der Waals surface area contributed by atoms with Crippen molar-refractivity contribution in [1.82, 2.24) is 9.97 Å². The van der Waals surface area contributed by atoms with Crippen LogP contribution in [0.3, 0.4) is 0 Å². The second kappa shape index (κ2) is 6.53. The summed E-state index contributed by atoms with van der Waals surface area (Å²) >= 11 is 6.19. The van der Waals surface area contributed by atoms with Crippen molar-refractivity contribution in [3.05, 3.63) is 16.5 Å². The summed E-state index contributed by atoms with van der Waals surface area (Å²) in [6.45, 7) is 7.89. The van der Waals surface area contributed by atoms with Crippen molar-refractivity contribution in [3.8, 4) is 0 Å². The molecule has 106 valence electrons. The van der Waals surface area contributed by atoms with Crippen LogP contribution in [-0.2, 0) is 11.2 Å². The van der Waals surface area contributed by atoms with Gasteiger partial charge in [-0.05, 0) is 25.7 Å². The van der Waals surface area contributed by atoms with Gasteiger partial charge in [-0.1, -0.05) is 25.4 Å². The largest absolute Gasteiger partial charge is 0.381 e. The molecular formula is C14H22ClN3O. The number of ether oxygens (including phenoxy) is 1. The topological polar surface area (TPSA) is 47.0 Å². The third kappa shape index (κ3) is 3.57. The van der Waals surface area contributed by atoms with Gasteiger partial charge in [0.15, 0.2) is 0 Å². The molecule has 19 heavy (non-hydrogen) atoms. The fraction of sp³-hybridized carbons (Fsp3) is 0.714. The molecular weight excluding hydrogens is 262 g/mol.